The highest BCUT2D eigenvalue weighted by Gasteiger charge is 2.41. The first-order valence-corrected chi connectivity index (χ1v) is 6.31. The second-order valence-electron chi connectivity index (χ2n) is 4.22. The Morgan fingerprint density at radius 1 is 1.24 bits per heavy atom. The van der Waals surface area contributed by atoms with Crippen LogP contribution in [0, 0.1) is 0 Å². The fourth-order valence-electron chi connectivity index (χ4n) is 1.66. The molecule has 0 saturated heterocycles. The van der Waals surface area contributed by atoms with Gasteiger partial charge in [0.2, 0.25) is 0 Å². The molecular formula is C11H18ClF3O2. The summed E-state index contributed by atoms with van der Waals surface area (Å²) in [5.74, 6) is 0. The Bertz CT molecular complexity index is 223. The van der Waals surface area contributed by atoms with Crippen molar-refractivity contribution in [2.45, 2.75) is 56.4 Å². The van der Waals surface area contributed by atoms with Crippen molar-refractivity contribution in [1.82, 2.24) is 0 Å². The summed E-state index contributed by atoms with van der Waals surface area (Å²) in [6.07, 6.45) is -3.67. The number of hydrogen-bond acceptors (Lipinski definition) is 2. The van der Waals surface area contributed by atoms with E-state index in [1.54, 1.807) is 0 Å². The van der Waals surface area contributed by atoms with Crippen molar-refractivity contribution in [2.75, 3.05) is 13.2 Å². The van der Waals surface area contributed by atoms with Gasteiger partial charge >= 0.3 is 6.18 Å². The lowest BCUT2D eigenvalue weighted by molar-refractivity contribution is -0.149. The van der Waals surface area contributed by atoms with Gasteiger partial charge < -0.3 is 9.47 Å². The lowest BCUT2D eigenvalue weighted by Gasteiger charge is -2.40. The summed E-state index contributed by atoms with van der Waals surface area (Å²) in [6.45, 7) is 2.71. The van der Waals surface area contributed by atoms with Crippen molar-refractivity contribution in [1.29, 1.82) is 0 Å². The molecule has 1 fully saturated rings. The van der Waals surface area contributed by atoms with E-state index in [-0.39, 0.29) is 30.6 Å². The van der Waals surface area contributed by atoms with Gasteiger partial charge in [0.1, 0.15) is 6.10 Å². The van der Waals surface area contributed by atoms with Crippen LogP contribution in [-0.2, 0) is 9.47 Å². The molecule has 0 aliphatic heterocycles. The monoisotopic (exact) mass is 274 g/mol. The Morgan fingerprint density at radius 3 is 2.47 bits per heavy atom. The number of hydrogen-bond donors (Lipinski definition) is 0. The third-order valence-corrected chi connectivity index (χ3v) is 3.06. The van der Waals surface area contributed by atoms with Crippen LogP contribution in [0.2, 0.25) is 0 Å². The molecule has 1 saturated carbocycles. The van der Waals surface area contributed by atoms with Gasteiger partial charge in [-0.3, -0.25) is 0 Å². The normalized spacial score (nSPS) is 29.1. The Kier molecular flexibility index (Phi) is 6.03. The minimum absolute atomic E-state index is 0.00650. The Balaban J connectivity index is 2.11. The SMILES string of the molecule is CCCOC1C(Cl)CC1OCCCC(F)(F)F. The molecular weight excluding hydrogens is 257 g/mol. The van der Waals surface area contributed by atoms with E-state index in [0.29, 0.717) is 13.0 Å². The molecule has 2 nitrogen and oxygen atoms in total. The summed E-state index contributed by atoms with van der Waals surface area (Å²) in [6, 6.07) is 0. The smallest absolute Gasteiger partial charge is 0.375 e. The third kappa shape index (κ3) is 5.44. The maximum absolute atomic E-state index is 11.9. The van der Waals surface area contributed by atoms with E-state index < -0.39 is 12.6 Å². The molecule has 1 rings (SSSR count). The van der Waals surface area contributed by atoms with Gasteiger partial charge in [0.15, 0.2) is 0 Å². The molecule has 17 heavy (non-hydrogen) atoms. The standard InChI is InChI=1S/C11H18ClF3O2/c1-2-5-17-10-8(12)7-9(10)16-6-3-4-11(13,14)15/h8-10H,2-7H2,1H3. The molecule has 0 bridgehead atoms. The van der Waals surface area contributed by atoms with Crippen LogP contribution in [0.25, 0.3) is 0 Å². The fourth-order valence-corrected chi connectivity index (χ4v) is 2.07. The second-order valence-corrected chi connectivity index (χ2v) is 4.78. The second kappa shape index (κ2) is 6.81. The van der Waals surface area contributed by atoms with E-state index in [1.807, 2.05) is 6.92 Å². The third-order valence-electron chi connectivity index (χ3n) is 2.63. The number of halogens is 4. The van der Waals surface area contributed by atoms with E-state index >= 15 is 0 Å². The molecule has 0 aromatic heterocycles. The van der Waals surface area contributed by atoms with Crippen LogP contribution in [0.15, 0.2) is 0 Å². The largest absolute Gasteiger partial charge is 0.389 e. The molecule has 1 aliphatic carbocycles. The molecule has 0 aromatic carbocycles. The van der Waals surface area contributed by atoms with Gasteiger partial charge in [-0.15, -0.1) is 11.6 Å². The highest BCUT2D eigenvalue weighted by Crippen LogP contribution is 2.32. The van der Waals surface area contributed by atoms with E-state index in [9.17, 15) is 13.2 Å². The van der Waals surface area contributed by atoms with E-state index in [4.69, 9.17) is 21.1 Å². The number of rotatable bonds is 7. The van der Waals surface area contributed by atoms with Crippen LogP contribution in [-0.4, -0.2) is 37.0 Å². The molecule has 1 aliphatic rings. The van der Waals surface area contributed by atoms with Crippen LogP contribution in [0.3, 0.4) is 0 Å². The minimum atomic E-state index is -4.10. The lowest BCUT2D eigenvalue weighted by Crippen LogP contribution is -2.51. The molecule has 0 amide bonds. The van der Waals surface area contributed by atoms with Gasteiger partial charge in [-0.25, -0.2) is 0 Å². The van der Waals surface area contributed by atoms with Gasteiger partial charge in [0.05, 0.1) is 11.5 Å². The summed E-state index contributed by atoms with van der Waals surface area (Å²) in [4.78, 5) is 0. The first-order valence-electron chi connectivity index (χ1n) is 5.88. The van der Waals surface area contributed by atoms with Gasteiger partial charge in [-0.1, -0.05) is 6.92 Å². The average Bonchev–Trinajstić information content (AvgIpc) is 2.21. The zero-order valence-corrected chi connectivity index (χ0v) is 10.6. The number of ether oxygens (including phenoxy) is 2. The Hall–Kier alpha value is -0.0000000000000000555. The first kappa shape index (κ1) is 15.1. The molecule has 3 unspecified atom stereocenters. The summed E-state index contributed by atoms with van der Waals surface area (Å²) in [7, 11) is 0. The molecule has 102 valence electrons. The Labute approximate surface area is 104 Å². The summed E-state index contributed by atoms with van der Waals surface area (Å²) in [5, 5.41) is -0.0748. The van der Waals surface area contributed by atoms with Crippen molar-refractivity contribution in [3.05, 3.63) is 0 Å². The van der Waals surface area contributed by atoms with Gasteiger partial charge in [0.25, 0.3) is 0 Å². The molecule has 6 heteroatoms. The zero-order chi connectivity index (χ0) is 12.9. The predicted octanol–water partition coefficient (Wildman–Crippen LogP) is 3.52. The van der Waals surface area contributed by atoms with Crippen LogP contribution < -0.4 is 0 Å². The molecule has 0 aromatic rings. The van der Waals surface area contributed by atoms with Gasteiger partial charge in [-0.2, -0.15) is 13.2 Å². The van der Waals surface area contributed by atoms with Crippen LogP contribution >= 0.6 is 11.6 Å². The molecule has 0 heterocycles. The van der Waals surface area contributed by atoms with Gasteiger partial charge in [0, 0.05) is 19.6 Å². The fraction of sp³-hybridized carbons (Fsp3) is 1.00. The van der Waals surface area contributed by atoms with Crippen LogP contribution in [0.4, 0.5) is 13.2 Å². The minimum Gasteiger partial charge on any atom is -0.375 e. The van der Waals surface area contributed by atoms with Crippen molar-refractivity contribution >= 4 is 11.6 Å². The molecule has 3 atom stereocenters. The van der Waals surface area contributed by atoms with Crippen LogP contribution in [0.1, 0.15) is 32.6 Å². The first-order chi connectivity index (χ1) is 7.94. The van der Waals surface area contributed by atoms with Gasteiger partial charge in [-0.05, 0) is 19.3 Å². The van der Waals surface area contributed by atoms with E-state index in [0.717, 1.165) is 6.42 Å². The Morgan fingerprint density at radius 2 is 1.94 bits per heavy atom. The highest BCUT2D eigenvalue weighted by molar-refractivity contribution is 6.21. The summed E-state index contributed by atoms with van der Waals surface area (Å²) in [5.41, 5.74) is 0. The predicted molar refractivity (Wildman–Crippen MR) is 59.3 cm³/mol. The maximum atomic E-state index is 11.9. The van der Waals surface area contributed by atoms with Crippen molar-refractivity contribution in [3.63, 3.8) is 0 Å². The molecule has 0 spiro atoms. The van der Waals surface area contributed by atoms with Crippen molar-refractivity contribution in [2.24, 2.45) is 0 Å². The zero-order valence-electron chi connectivity index (χ0n) is 9.80. The van der Waals surface area contributed by atoms with Crippen LogP contribution in [0.5, 0.6) is 0 Å². The van der Waals surface area contributed by atoms with Crippen molar-refractivity contribution < 1.29 is 22.6 Å². The van der Waals surface area contributed by atoms with E-state index in [1.165, 1.54) is 0 Å². The quantitative estimate of drug-likeness (QED) is 0.522. The summed E-state index contributed by atoms with van der Waals surface area (Å²) >= 11 is 5.95. The lowest BCUT2D eigenvalue weighted by atomic mass is 9.91. The molecule has 0 radical (unpaired) electrons. The maximum Gasteiger partial charge on any atom is 0.389 e. The van der Waals surface area contributed by atoms with E-state index in [2.05, 4.69) is 0 Å². The highest BCUT2D eigenvalue weighted by atomic mass is 35.5. The van der Waals surface area contributed by atoms with Crippen molar-refractivity contribution in [3.8, 4) is 0 Å². The number of alkyl halides is 4. The summed E-state index contributed by atoms with van der Waals surface area (Å²) < 4.78 is 46.5. The average molecular weight is 275 g/mol. The topological polar surface area (TPSA) is 18.5 Å². The molecule has 0 N–H and O–H groups in total.